The van der Waals surface area contributed by atoms with Crippen LogP contribution in [0.25, 0.3) is 22.7 Å². The van der Waals surface area contributed by atoms with Crippen molar-refractivity contribution in [3.63, 3.8) is 0 Å². The largest absolute Gasteiger partial charge is 0.390 e. The number of hydrogen-bond donors (Lipinski definition) is 2. The number of pyridine rings is 2. The van der Waals surface area contributed by atoms with Gasteiger partial charge in [-0.15, -0.1) is 0 Å². The van der Waals surface area contributed by atoms with Gasteiger partial charge in [0.05, 0.1) is 11.3 Å². The second kappa shape index (κ2) is 6.97. The molecule has 0 aliphatic heterocycles. The molecule has 1 saturated carbocycles. The zero-order valence-corrected chi connectivity index (χ0v) is 16.2. The molecule has 0 aromatic carbocycles. The average molecular weight is 389 g/mol. The number of imidazole rings is 1. The molecule has 1 fully saturated rings. The van der Waals surface area contributed by atoms with E-state index in [0.29, 0.717) is 0 Å². The zero-order chi connectivity index (χ0) is 19.8. The first-order valence-electron chi connectivity index (χ1n) is 9.87. The van der Waals surface area contributed by atoms with E-state index in [2.05, 4.69) is 20.4 Å². The third-order valence-corrected chi connectivity index (χ3v) is 5.45. The minimum absolute atomic E-state index is 0.215. The van der Waals surface area contributed by atoms with Crippen LogP contribution in [0.2, 0.25) is 0 Å². The Labute approximate surface area is 168 Å². The molecular formula is C21H23N7O. The number of aliphatic hydroxyl groups is 1. The molecule has 4 aromatic heterocycles. The number of anilines is 1. The van der Waals surface area contributed by atoms with Crippen molar-refractivity contribution in [2.75, 3.05) is 5.32 Å². The Kier molecular flexibility index (Phi) is 4.28. The maximum atomic E-state index is 10.4. The van der Waals surface area contributed by atoms with Crippen LogP contribution in [0.4, 0.5) is 5.82 Å². The van der Waals surface area contributed by atoms with Crippen LogP contribution in [0.5, 0.6) is 0 Å². The molecule has 1 aliphatic carbocycles. The minimum atomic E-state index is -0.609. The molecular weight excluding hydrogens is 366 g/mol. The molecule has 0 bridgehead atoms. The molecule has 2 atom stereocenters. The standard InChI is InChI=1S/C21H23N7O/c1-21(29)8-2-4-15(13-21)25-18-6-5-17-20(26-18)27(14-23-17)16-7-10-22-19(12-16)28-11-3-9-24-28/h3,5-7,9-12,14-15,29H,2,4,8,13H2,1H3,(H,25,26)/t15-,21+/m1/s1. The van der Waals surface area contributed by atoms with E-state index >= 15 is 0 Å². The molecule has 5 rings (SSSR count). The second-order valence-corrected chi connectivity index (χ2v) is 7.91. The summed E-state index contributed by atoms with van der Waals surface area (Å²) in [7, 11) is 0. The quantitative estimate of drug-likeness (QED) is 0.557. The third kappa shape index (κ3) is 3.58. The Morgan fingerprint density at radius 1 is 1.21 bits per heavy atom. The predicted molar refractivity (Wildman–Crippen MR) is 110 cm³/mol. The molecule has 4 heterocycles. The minimum Gasteiger partial charge on any atom is -0.390 e. The first kappa shape index (κ1) is 17.8. The van der Waals surface area contributed by atoms with Gasteiger partial charge in [-0.05, 0) is 56.9 Å². The Hall–Kier alpha value is -3.26. The Morgan fingerprint density at radius 3 is 2.97 bits per heavy atom. The van der Waals surface area contributed by atoms with E-state index < -0.39 is 5.60 Å². The summed E-state index contributed by atoms with van der Waals surface area (Å²) in [5.74, 6) is 1.52. The van der Waals surface area contributed by atoms with Crippen molar-refractivity contribution >= 4 is 17.0 Å². The van der Waals surface area contributed by atoms with Crippen LogP contribution < -0.4 is 5.32 Å². The molecule has 0 unspecified atom stereocenters. The summed E-state index contributed by atoms with van der Waals surface area (Å²) in [4.78, 5) is 13.7. The summed E-state index contributed by atoms with van der Waals surface area (Å²) in [5.41, 5.74) is 1.90. The van der Waals surface area contributed by atoms with E-state index in [0.717, 1.165) is 54.2 Å². The molecule has 8 nitrogen and oxygen atoms in total. The van der Waals surface area contributed by atoms with Gasteiger partial charge in [-0.25, -0.2) is 19.6 Å². The van der Waals surface area contributed by atoms with Crippen LogP contribution in [0.1, 0.15) is 32.6 Å². The maximum Gasteiger partial charge on any atom is 0.166 e. The first-order chi connectivity index (χ1) is 14.1. The number of hydrogen-bond acceptors (Lipinski definition) is 6. The normalized spacial score (nSPS) is 22.1. The third-order valence-electron chi connectivity index (χ3n) is 5.45. The van der Waals surface area contributed by atoms with Gasteiger partial charge in [0, 0.05) is 30.7 Å². The molecule has 1 aliphatic rings. The van der Waals surface area contributed by atoms with E-state index in [1.807, 2.05) is 48.0 Å². The smallest absolute Gasteiger partial charge is 0.166 e. The molecule has 0 amide bonds. The lowest BCUT2D eigenvalue weighted by Gasteiger charge is -2.34. The van der Waals surface area contributed by atoms with Crippen molar-refractivity contribution < 1.29 is 5.11 Å². The monoisotopic (exact) mass is 389 g/mol. The fourth-order valence-electron chi connectivity index (χ4n) is 4.05. The molecule has 0 spiro atoms. The van der Waals surface area contributed by atoms with E-state index in [1.54, 1.807) is 23.4 Å². The highest BCUT2D eigenvalue weighted by atomic mass is 16.3. The van der Waals surface area contributed by atoms with Gasteiger partial charge in [-0.2, -0.15) is 5.10 Å². The van der Waals surface area contributed by atoms with Gasteiger partial charge in [0.1, 0.15) is 17.7 Å². The van der Waals surface area contributed by atoms with Crippen molar-refractivity contribution in [2.24, 2.45) is 0 Å². The molecule has 2 N–H and O–H groups in total. The predicted octanol–water partition coefficient (Wildman–Crippen LogP) is 3.11. The summed E-state index contributed by atoms with van der Waals surface area (Å²) in [6.45, 7) is 1.91. The number of nitrogens with one attached hydrogen (secondary N) is 1. The summed E-state index contributed by atoms with van der Waals surface area (Å²) in [6, 6.07) is 9.88. The number of fused-ring (bicyclic) bond motifs is 1. The molecule has 148 valence electrons. The highest BCUT2D eigenvalue weighted by molar-refractivity contribution is 5.75. The maximum absolute atomic E-state index is 10.4. The fourth-order valence-corrected chi connectivity index (χ4v) is 4.05. The molecule has 8 heteroatoms. The highest BCUT2D eigenvalue weighted by Gasteiger charge is 2.30. The van der Waals surface area contributed by atoms with E-state index in [4.69, 9.17) is 4.98 Å². The highest BCUT2D eigenvalue weighted by Crippen LogP contribution is 2.30. The first-order valence-corrected chi connectivity index (χ1v) is 9.87. The van der Waals surface area contributed by atoms with Gasteiger partial charge in [0.2, 0.25) is 0 Å². The van der Waals surface area contributed by atoms with Crippen LogP contribution in [0, 0.1) is 0 Å². The lowest BCUT2D eigenvalue weighted by molar-refractivity contribution is 0.0182. The molecule has 0 radical (unpaired) electrons. The van der Waals surface area contributed by atoms with Gasteiger partial charge >= 0.3 is 0 Å². The van der Waals surface area contributed by atoms with Crippen LogP contribution in [0.3, 0.4) is 0 Å². The molecule has 29 heavy (non-hydrogen) atoms. The van der Waals surface area contributed by atoms with Gasteiger partial charge in [-0.1, -0.05) is 0 Å². The Balaban J connectivity index is 1.47. The fraction of sp³-hybridized carbons (Fsp3) is 0.333. The Morgan fingerprint density at radius 2 is 2.14 bits per heavy atom. The zero-order valence-electron chi connectivity index (χ0n) is 16.2. The van der Waals surface area contributed by atoms with Crippen molar-refractivity contribution in [3.8, 4) is 11.5 Å². The summed E-state index contributed by atoms with van der Waals surface area (Å²) < 4.78 is 3.67. The SMILES string of the molecule is C[C@]1(O)CCC[C@@H](Nc2ccc3ncn(-c4ccnc(-n5cccn5)c4)c3n2)C1. The summed E-state index contributed by atoms with van der Waals surface area (Å²) in [5, 5.41) is 18.1. The topological polar surface area (TPSA) is 93.7 Å². The van der Waals surface area contributed by atoms with Crippen molar-refractivity contribution in [3.05, 3.63) is 55.2 Å². The Bertz CT molecular complexity index is 1130. The van der Waals surface area contributed by atoms with Gasteiger partial charge < -0.3 is 10.4 Å². The number of aromatic nitrogens is 6. The van der Waals surface area contributed by atoms with Crippen LogP contribution in [-0.4, -0.2) is 46.0 Å². The van der Waals surface area contributed by atoms with E-state index in [1.165, 1.54) is 0 Å². The van der Waals surface area contributed by atoms with Crippen molar-refractivity contribution in [1.82, 2.24) is 29.3 Å². The van der Waals surface area contributed by atoms with Crippen LogP contribution in [-0.2, 0) is 0 Å². The summed E-state index contributed by atoms with van der Waals surface area (Å²) >= 11 is 0. The molecule has 4 aromatic rings. The van der Waals surface area contributed by atoms with Crippen molar-refractivity contribution in [2.45, 2.75) is 44.2 Å². The van der Waals surface area contributed by atoms with Crippen molar-refractivity contribution in [1.29, 1.82) is 0 Å². The van der Waals surface area contributed by atoms with E-state index in [9.17, 15) is 5.11 Å². The lowest BCUT2D eigenvalue weighted by Crippen LogP contribution is -2.38. The number of nitrogens with zero attached hydrogens (tertiary/aromatic N) is 6. The van der Waals surface area contributed by atoms with Gasteiger partial charge in [0.25, 0.3) is 0 Å². The lowest BCUT2D eigenvalue weighted by atomic mass is 9.83. The number of rotatable bonds is 4. The second-order valence-electron chi connectivity index (χ2n) is 7.91. The van der Waals surface area contributed by atoms with Crippen LogP contribution >= 0.6 is 0 Å². The summed E-state index contributed by atoms with van der Waals surface area (Å²) in [6.07, 6.45) is 10.7. The van der Waals surface area contributed by atoms with Crippen LogP contribution in [0.15, 0.2) is 55.2 Å². The average Bonchev–Trinajstić information content (AvgIpc) is 3.37. The molecule has 0 saturated heterocycles. The van der Waals surface area contributed by atoms with E-state index in [-0.39, 0.29) is 6.04 Å². The van der Waals surface area contributed by atoms with Gasteiger partial charge in [-0.3, -0.25) is 4.57 Å². The van der Waals surface area contributed by atoms with Gasteiger partial charge in [0.15, 0.2) is 11.5 Å².